The maximum absolute atomic E-state index is 4.89. The van der Waals surface area contributed by atoms with E-state index in [1.807, 2.05) is 6.92 Å². The van der Waals surface area contributed by atoms with Crippen LogP contribution >= 0.6 is 0 Å². The molecule has 1 N–H and O–H groups in total. The number of hydrogen-bond acceptors (Lipinski definition) is 4. The van der Waals surface area contributed by atoms with Gasteiger partial charge >= 0.3 is 6.01 Å². The molecule has 0 saturated carbocycles. The number of rotatable bonds is 4. The third kappa shape index (κ3) is 2.22. The van der Waals surface area contributed by atoms with Crippen LogP contribution in [0.3, 0.4) is 0 Å². The third-order valence-corrected chi connectivity index (χ3v) is 1.31. The van der Waals surface area contributed by atoms with E-state index in [2.05, 4.69) is 22.4 Å². The van der Waals surface area contributed by atoms with Crippen LogP contribution in [0.4, 0.5) is 6.01 Å². The molecule has 0 atom stereocenters. The van der Waals surface area contributed by atoms with E-state index in [0.29, 0.717) is 6.01 Å². The van der Waals surface area contributed by atoms with Crippen molar-refractivity contribution in [1.29, 1.82) is 0 Å². The molecule has 4 heteroatoms. The van der Waals surface area contributed by atoms with Crippen LogP contribution in [0.5, 0.6) is 0 Å². The van der Waals surface area contributed by atoms with Crippen molar-refractivity contribution in [2.75, 3.05) is 11.9 Å². The Kier molecular flexibility index (Phi) is 2.89. The first-order chi connectivity index (χ1) is 5.36. The van der Waals surface area contributed by atoms with Crippen LogP contribution in [0, 0.1) is 0 Å². The normalized spacial score (nSPS) is 10.0. The Morgan fingerprint density at radius 2 is 2.27 bits per heavy atom. The first kappa shape index (κ1) is 8.04. The van der Waals surface area contributed by atoms with Crippen molar-refractivity contribution in [2.24, 2.45) is 0 Å². The first-order valence-corrected chi connectivity index (χ1v) is 3.93. The van der Waals surface area contributed by atoms with Gasteiger partial charge in [0.1, 0.15) is 0 Å². The van der Waals surface area contributed by atoms with E-state index < -0.39 is 0 Å². The fraction of sp³-hybridized carbons (Fsp3) is 0.714. The number of nitrogens with zero attached hydrogens (tertiary/aromatic N) is 2. The third-order valence-electron chi connectivity index (χ3n) is 1.31. The van der Waals surface area contributed by atoms with E-state index in [9.17, 15) is 0 Å². The Morgan fingerprint density at radius 3 is 2.82 bits per heavy atom. The van der Waals surface area contributed by atoms with Gasteiger partial charge in [-0.05, 0) is 6.42 Å². The fourth-order valence-corrected chi connectivity index (χ4v) is 0.701. The highest BCUT2D eigenvalue weighted by Gasteiger charge is 2.00. The standard InChI is InChI=1S/C7H13N3O/c1-3-5-8-7-9-6(4-2)10-11-7/h3-5H2,1-2H3,(H,8,9,10). The quantitative estimate of drug-likeness (QED) is 0.715. The Labute approximate surface area is 66.0 Å². The Morgan fingerprint density at radius 1 is 1.45 bits per heavy atom. The molecule has 11 heavy (non-hydrogen) atoms. The molecule has 0 aliphatic carbocycles. The van der Waals surface area contributed by atoms with Gasteiger partial charge in [-0.1, -0.05) is 19.0 Å². The Balaban J connectivity index is 2.44. The minimum absolute atomic E-state index is 0.531. The molecule has 0 unspecified atom stereocenters. The number of aromatic nitrogens is 2. The summed E-state index contributed by atoms with van der Waals surface area (Å²) in [6, 6.07) is 0.531. The number of hydrogen-bond donors (Lipinski definition) is 1. The predicted molar refractivity (Wildman–Crippen MR) is 42.5 cm³/mol. The summed E-state index contributed by atoms with van der Waals surface area (Å²) in [5.41, 5.74) is 0. The maximum Gasteiger partial charge on any atom is 0.321 e. The van der Waals surface area contributed by atoms with Crippen LogP contribution < -0.4 is 5.32 Å². The zero-order valence-corrected chi connectivity index (χ0v) is 6.92. The highest BCUT2D eigenvalue weighted by Crippen LogP contribution is 2.02. The molecule has 0 amide bonds. The summed E-state index contributed by atoms with van der Waals surface area (Å²) in [5.74, 6) is 0.753. The van der Waals surface area contributed by atoms with Gasteiger partial charge in [-0.15, -0.1) is 0 Å². The van der Waals surface area contributed by atoms with Gasteiger partial charge in [0.2, 0.25) is 0 Å². The van der Waals surface area contributed by atoms with E-state index in [1.165, 1.54) is 0 Å². The summed E-state index contributed by atoms with van der Waals surface area (Å²) in [6.07, 6.45) is 1.88. The molecule has 0 fully saturated rings. The summed E-state index contributed by atoms with van der Waals surface area (Å²) in [4.78, 5) is 4.08. The molecular weight excluding hydrogens is 142 g/mol. The summed E-state index contributed by atoms with van der Waals surface area (Å²) >= 11 is 0. The minimum Gasteiger partial charge on any atom is -0.338 e. The van der Waals surface area contributed by atoms with Crippen LogP contribution in [0.25, 0.3) is 0 Å². The van der Waals surface area contributed by atoms with Crippen LogP contribution in [-0.2, 0) is 6.42 Å². The summed E-state index contributed by atoms with van der Waals surface area (Å²) in [7, 11) is 0. The number of nitrogens with one attached hydrogen (secondary N) is 1. The Bertz CT molecular complexity index is 209. The van der Waals surface area contributed by atoms with E-state index in [4.69, 9.17) is 4.52 Å². The van der Waals surface area contributed by atoms with Crippen LogP contribution in [0.1, 0.15) is 26.1 Å². The Hall–Kier alpha value is -1.06. The zero-order chi connectivity index (χ0) is 8.10. The highest BCUT2D eigenvalue weighted by molar-refractivity contribution is 5.17. The van der Waals surface area contributed by atoms with Gasteiger partial charge < -0.3 is 9.84 Å². The molecule has 0 saturated heterocycles. The number of aryl methyl sites for hydroxylation is 1. The molecule has 1 aromatic rings. The maximum atomic E-state index is 4.89. The minimum atomic E-state index is 0.531. The van der Waals surface area contributed by atoms with Gasteiger partial charge in [0.25, 0.3) is 0 Å². The lowest BCUT2D eigenvalue weighted by Crippen LogP contribution is -1.99. The van der Waals surface area contributed by atoms with Crippen LogP contribution in [0.15, 0.2) is 4.52 Å². The summed E-state index contributed by atoms with van der Waals surface area (Å²) < 4.78 is 4.89. The predicted octanol–water partition coefficient (Wildman–Crippen LogP) is 1.45. The van der Waals surface area contributed by atoms with Gasteiger partial charge in [-0.2, -0.15) is 4.98 Å². The van der Waals surface area contributed by atoms with Crippen molar-refractivity contribution in [3.8, 4) is 0 Å². The summed E-state index contributed by atoms with van der Waals surface area (Å²) in [6.45, 7) is 4.96. The summed E-state index contributed by atoms with van der Waals surface area (Å²) in [5, 5.41) is 6.75. The largest absolute Gasteiger partial charge is 0.338 e. The molecule has 4 nitrogen and oxygen atoms in total. The van der Waals surface area contributed by atoms with Gasteiger partial charge in [0, 0.05) is 13.0 Å². The van der Waals surface area contributed by atoms with Crippen molar-refractivity contribution in [1.82, 2.24) is 10.1 Å². The molecule has 0 aliphatic rings. The van der Waals surface area contributed by atoms with E-state index in [1.54, 1.807) is 0 Å². The van der Waals surface area contributed by atoms with Gasteiger partial charge in [0.15, 0.2) is 5.82 Å². The van der Waals surface area contributed by atoms with Gasteiger partial charge in [-0.25, -0.2) is 0 Å². The van der Waals surface area contributed by atoms with Crippen molar-refractivity contribution in [3.63, 3.8) is 0 Å². The molecule has 1 rings (SSSR count). The number of anilines is 1. The second kappa shape index (κ2) is 3.95. The van der Waals surface area contributed by atoms with Crippen LogP contribution in [0.2, 0.25) is 0 Å². The molecule has 0 aromatic carbocycles. The SMILES string of the molecule is CCCNc1nc(CC)no1. The lowest BCUT2D eigenvalue weighted by atomic mass is 10.5. The fourth-order valence-electron chi connectivity index (χ4n) is 0.701. The van der Waals surface area contributed by atoms with E-state index in [0.717, 1.165) is 25.2 Å². The van der Waals surface area contributed by atoms with E-state index >= 15 is 0 Å². The molecular formula is C7H13N3O. The monoisotopic (exact) mass is 155 g/mol. The smallest absolute Gasteiger partial charge is 0.321 e. The lowest BCUT2D eigenvalue weighted by Gasteiger charge is -1.93. The average molecular weight is 155 g/mol. The van der Waals surface area contributed by atoms with Gasteiger partial charge in [-0.3, -0.25) is 0 Å². The molecule has 62 valence electrons. The second-order valence-electron chi connectivity index (χ2n) is 2.30. The van der Waals surface area contributed by atoms with Crippen molar-refractivity contribution >= 4 is 6.01 Å². The lowest BCUT2D eigenvalue weighted by molar-refractivity contribution is 0.423. The topological polar surface area (TPSA) is 51.0 Å². The second-order valence-corrected chi connectivity index (χ2v) is 2.30. The van der Waals surface area contributed by atoms with Crippen LogP contribution in [-0.4, -0.2) is 16.7 Å². The molecule has 1 aromatic heterocycles. The molecule has 0 radical (unpaired) electrons. The van der Waals surface area contributed by atoms with Crippen molar-refractivity contribution < 1.29 is 4.52 Å². The van der Waals surface area contributed by atoms with E-state index in [-0.39, 0.29) is 0 Å². The van der Waals surface area contributed by atoms with Crippen molar-refractivity contribution in [3.05, 3.63) is 5.82 Å². The van der Waals surface area contributed by atoms with Crippen molar-refractivity contribution in [2.45, 2.75) is 26.7 Å². The highest BCUT2D eigenvalue weighted by atomic mass is 16.5. The van der Waals surface area contributed by atoms with Gasteiger partial charge in [0.05, 0.1) is 0 Å². The zero-order valence-electron chi connectivity index (χ0n) is 6.92. The molecule has 1 heterocycles. The molecule has 0 aliphatic heterocycles. The molecule has 0 spiro atoms. The molecule has 0 bridgehead atoms. The average Bonchev–Trinajstić information content (AvgIpc) is 2.48. The first-order valence-electron chi connectivity index (χ1n) is 3.93.